The molecule has 1 aromatic rings. The molecule has 0 unspecified atom stereocenters. The van der Waals surface area contributed by atoms with Gasteiger partial charge in [-0.15, -0.1) is 12.4 Å². The van der Waals surface area contributed by atoms with Crippen molar-refractivity contribution in [2.24, 2.45) is 11.7 Å². The fourth-order valence-electron chi connectivity index (χ4n) is 3.32. The molecule has 1 amide bonds. The summed E-state index contributed by atoms with van der Waals surface area (Å²) in [6.45, 7) is 3.61. The molecule has 1 saturated heterocycles. The van der Waals surface area contributed by atoms with Gasteiger partial charge >= 0.3 is 0 Å². The molecule has 0 spiro atoms. The maximum absolute atomic E-state index is 12.4. The van der Waals surface area contributed by atoms with Crippen LogP contribution in [-0.2, 0) is 14.6 Å². The van der Waals surface area contributed by atoms with Crippen molar-refractivity contribution in [1.82, 2.24) is 4.90 Å². The quantitative estimate of drug-likeness (QED) is 0.692. The third kappa shape index (κ3) is 6.28. The Labute approximate surface area is 157 Å². The zero-order valence-corrected chi connectivity index (χ0v) is 16.4. The minimum atomic E-state index is -3.32. The van der Waals surface area contributed by atoms with E-state index in [0.717, 1.165) is 18.4 Å². The number of carbonyl (C=O) groups is 1. The zero-order valence-electron chi connectivity index (χ0n) is 14.8. The second-order valence-electron chi connectivity index (χ2n) is 6.61. The number of hydrogen-bond donors (Lipinski definition) is 1. The minimum absolute atomic E-state index is 0. The topological polar surface area (TPSA) is 80.5 Å². The van der Waals surface area contributed by atoms with Gasteiger partial charge in [0.25, 0.3) is 0 Å². The Morgan fingerprint density at radius 1 is 1.20 bits per heavy atom. The second-order valence-corrected chi connectivity index (χ2v) is 8.79. The van der Waals surface area contributed by atoms with Crippen molar-refractivity contribution < 1.29 is 13.2 Å². The van der Waals surface area contributed by atoms with E-state index in [2.05, 4.69) is 0 Å². The molecule has 142 valence electrons. The number of halogens is 1. The zero-order chi connectivity index (χ0) is 17.6. The third-order valence-electron chi connectivity index (χ3n) is 4.73. The van der Waals surface area contributed by atoms with Crippen LogP contribution in [0.25, 0.3) is 0 Å². The molecule has 2 atom stereocenters. The van der Waals surface area contributed by atoms with Gasteiger partial charge in [0.2, 0.25) is 5.91 Å². The van der Waals surface area contributed by atoms with E-state index in [-0.39, 0.29) is 41.7 Å². The first-order chi connectivity index (χ1) is 11.5. The highest BCUT2D eigenvalue weighted by Gasteiger charge is 2.36. The van der Waals surface area contributed by atoms with E-state index in [1.165, 1.54) is 0 Å². The van der Waals surface area contributed by atoms with E-state index >= 15 is 0 Å². The summed E-state index contributed by atoms with van der Waals surface area (Å²) in [5.74, 6) is -0.205. The summed E-state index contributed by atoms with van der Waals surface area (Å²) in [7, 11) is -3.32. The smallest absolute Gasteiger partial charge is 0.237 e. The molecular formula is C18H29ClN2O3S. The normalized spacial score (nSPS) is 20.3. The fraction of sp³-hybridized carbons (Fsp3) is 0.611. The van der Waals surface area contributed by atoms with Gasteiger partial charge in [0.1, 0.15) is 5.75 Å². The van der Waals surface area contributed by atoms with Crippen molar-refractivity contribution in [2.45, 2.75) is 32.1 Å². The SMILES string of the molecule is CCCCCS(=O)(=O)CC(=O)N1C[C@@H](CN)[C@H](c2ccccc2)C1.Cl. The highest BCUT2D eigenvalue weighted by atomic mass is 35.5. The number of amides is 1. The van der Waals surface area contributed by atoms with Gasteiger partial charge in [-0.25, -0.2) is 8.42 Å². The molecule has 1 fully saturated rings. The summed E-state index contributed by atoms with van der Waals surface area (Å²) in [5.41, 5.74) is 7.04. The molecule has 0 radical (unpaired) electrons. The molecule has 2 rings (SSSR count). The lowest BCUT2D eigenvalue weighted by Gasteiger charge is -2.17. The van der Waals surface area contributed by atoms with Gasteiger partial charge in [-0.2, -0.15) is 0 Å². The lowest BCUT2D eigenvalue weighted by molar-refractivity contribution is -0.127. The third-order valence-corrected chi connectivity index (χ3v) is 6.32. The van der Waals surface area contributed by atoms with Crippen molar-refractivity contribution in [3.63, 3.8) is 0 Å². The number of likely N-dealkylation sites (tertiary alicyclic amines) is 1. The van der Waals surface area contributed by atoms with Gasteiger partial charge in [-0.3, -0.25) is 4.79 Å². The Morgan fingerprint density at radius 2 is 1.88 bits per heavy atom. The lowest BCUT2D eigenvalue weighted by Crippen LogP contribution is -2.35. The molecule has 0 saturated carbocycles. The minimum Gasteiger partial charge on any atom is -0.341 e. The molecule has 1 aliphatic heterocycles. The standard InChI is InChI=1S/C18H28N2O3S.ClH/c1-2-3-7-10-24(22,23)14-18(21)20-12-16(11-19)17(13-20)15-8-5-4-6-9-15;/h4-6,8-9,16-17H,2-3,7,10-14,19H2,1H3;1H/t16-,17+;/m1./s1. The molecular weight excluding hydrogens is 360 g/mol. The molecule has 7 heteroatoms. The summed E-state index contributed by atoms with van der Waals surface area (Å²) in [6, 6.07) is 10.0. The van der Waals surface area contributed by atoms with Crippen LogP contribution in [0.4, 0.5) is 0 Å². The fourth-order valence-corrected chi connectivity index (χ4v) is 4.66. The van der Waals surface area contributed by atoms with Crippen molar-refractivity contribution in [3.05, 3.63) is 35.9 Å². The molecule has 5 nitrogen and oxygen atoms in total. The van der Waals surface area contributed by atoms with Crippen molar-refractivity contribution in [1.29, 1.82) is 0 Å². The number of nitrogens with two attached hydrogens (primary N) is 1. The first-order valence-electron chi connectivity index (χ1n) is 8.70. The Morgan fingerprint density at radius 3 is 2.48 bits per heavy atom. The van der Waals surface area contributed by atoms with Crippen LogP contribution in [0.15, 0.2) is 30.3 Å². The van der Waals surface area contributed by atoms with Crippen LogP contribution in [0.3, 0.4) is 0 Å². The number of rotatable bonds is 8. The number of benzene rings is 1. The van der Waals surface area contributed by atoms with Crippen molar-refractivity contribution in [3.8, 4) is 0 Å². The summed E-state index contributed by atoms with van der Waals surface area (Å²) >= 11 is 0. The van der Waals surface area contributed by atoms with Crippen LogP contribution < -0.4 is 5.73 Å². The first kappa shape index (κ1) is 21.9. The summed E-state index contributed by atoms with van der Waals surface area (Å²) in [5, 5.41) is 0. The van der Waals surface area contributed by atoms with E-state index < -0.39 is 9.84 Å². The molecule has 0 aliphatic carbocycles. The Balaban J connectivity index is 0.00000312. The number of sulfone groups is 1. The van der Waals surface area contributed by atoms with Crippen LogP contribution in [0.1, 0.15) is 37.7 Å². The predicted molar refractivity (Wildman–Crippen MR) is 104 cm³/mol. The van der Waals surface area contributed by atoms with Crippen LogP contribution in [0.2, 0.25) is 0 Å². The van der Waals surface area contributed by atoms with E-state index in [1.54, 1.807) is 4.90 Å². The molecule has 25 heavy (non-hydrogen) atoms. The van der Waals surface area contributed by atoms with Gasteiger partial charge in [-0.1, -0.05) is 50.1 Å². The average Bonchev–Trinajstić information content (AvgIpc) is 3.00. The highest BCUT2D eigenvalue weighted by molar-refractivity contribution is 7.92. The van der Waals surface area contributed by atoms with Gasteiger partial charge in [0, 0.05) is 19.0 Å². The van der Waals surface area contributed by atoms with Crippen LogP contribution in [0, 0.1) is 5.92 Å². The van der Waals surface area contributed by atoms with E-state index in [4.69, 9.17) is 5.73 Å². The number of hydrogen-bond acceptors (Lipinski definition) is 4. The van der Waals surface area contributed by atoms with Crippen molar-refractivity contribution >= 4 is 28.2 Å². The molecule has 1 heterocycles. The van der Waals surface area contributed by atoms with E-state index in [0.29, 0.717) is 26.1 Å². The van der Waals surface area contributed by atoms with E-state index in [1.807, 2.05) is 37.3 Å². The largest absolute Gasteiger partial charge is 0.341 e. The number of unbranched alkanes of at least 4 members (excludes halogenated alkanes) is 2. The highest BCUT2D eigenvalue weighted by Crippen LogP contribution is 2.32. The Hall–Kier alpha value is -1.11. The summed E-state index contributed by atoms with van der Waals surface area (Å²) < 4.78 is 24.2. The Kier molecular flexibility index (Phi) is 8.89. The first-order valence-corrected chi connectivity index (χ1v) is 10.5. The van der Waals surface area contributed by atoms with Crippen LogP contribution in [0.5, 0.6) is 0 Å². The lowest BCUT2D eigenvalue weighted by atomic mass is 9.89. The van der Waals surface area contributed by atoms with E-state index in [9.17, 15) is 13.2 Å². The predicted octanol–water partition coefficient (Wildman–Crippen LogP) is 2.21. The van der Waals surface area contributed by atoms with Crippen LogP contribution >= 0.6 is 12.4 Å². The maximum atomic E-state index is 12.4. The van der Waals surface area contributed by atoms with Crippen LogP contribution in [-0.4, -0.2) is 50.4 Å². The second kappa shape index (κ2) is 10.1. The van der Waals surface area contributed by atoms with Gasteiger partial charge in [-0.05, 0) is 24.4 Å². The van der Waals surface area contributed by atoms with Gasteiger partial charge in [0.05, 0.1) is 5.75 Å². The Bertz CT molecular complexity index is 637. The molecule has 0 bridgehead atoms. The molecule has 1 aromatic carbocycles. The molecule has 2 N–H and O–H groups in total. The average molecular weight is 389 g/mol. The monoisotopic (exact) mass is 388 g/mol. The summed E-state index contributed by atoms with van der Waals surface area (Å²) in [4.78, 5) is 14.1. The van der Waals surface area contributed by atoms with Gasteiger partial charge in [0.15, 0.2) is 9.84 Å². The maximum Gasteiger partial charge on any atom is 0.237 e. The molecule has 1 aliphatic rings. The van der Waals surface area contributed by atoms with Gasteiger partial charge < -0.3 is 10.6 Å². The number of carbonyl (C=O) groups excluding carboxylic acids is 1. The summed E-state index contributed by atoms with van der Waals surface area (Å²) in [6.07, 6.45) is 2.47. The molecule has 0 aromatic heterocycles. The number of nitrogens with zero attached hydrogens (tertiary/aromatic N) is 1. The van der Waals surface area contributed by atoms with Crippen molar-refractivity contribution in [2.75, 3.05) is 31.1 Å².